The van der Waals surface area contributed by atoms with Crippen LogP contribution in [0.4, 0.5) is 0 Å². The van der Waals surface area contributed by atoms with Gasteiger partial charge in [0.2, 0.25) is 0 Å². The molecule has 2 aromatic heterocycles. The SMILES string of the molecule is CCC(CC)C(=O)/C=C(\O)C(CC)CC.Cc1ccc2[c-]c3c(cc2c1)C(C)(C)c1ccc(-c2ccccc2)c2oc4c(-c5ccccc5)cnc-3c4c12.[Ir]. The third kappa shape index (κ3) is 7.33. The molecule has 1 radical (unpaired) electrons. The minimum atomic E-state index is -0.290. The number of furan rings is 1. The van der Waals surface area contributed by atoms with Gasteiger partial charge in [-0.1, -0.05) is 149 Å². The zero-order chi connectivity index (χ0) is 38.1. The minimum absolute atomic E-state index is 0. The second kappa shape index (κ2) is 16.5. The van der Waals surface area contributed by atoms with Gasteiger partial charge in [0.05, 0.1) is 5.76 Å². The smallest absolute Gasteiger partial charge is 0.162 e. The van der Waals surface area contributed by atoms with Crippen molar-refractivity contribution in [1.82, 2.24) is 4.98 Å². The average Bonchev–Trinajstić information content (AvgIpc) is 3.56. The maximum absolute atomic E-state index is 11.7. The van der Waals surface area contributed by atoms with Gasteiger partial charge in [-0.2, -0.15) is 0 Å². The summed E-state index contributed by atoms with van der Waals surface area (Å²) in [5.74, 6) is 0.547. The zero-order valence-electron chi connectivity index (χ0n) is 32.9. The van der Waals surface area contributed by atoms with Crippen molar-refractivity contribution >= 4 is 38.5 Å². The van der Waals surface area contributed by atoms with Crippen LogP contribution in [-0.4, -0.2) is 15.9 Å². The van der Waals surface area contributed by atoms with Crippen molar-refractivity contribution in [3.8, 4) is 33.5 Å². The predicted molar refractivity (Wildman–Crippen MR) is 225 cm³/mol. The Morgan fingerprint density at radius 1 is 0.764 bits per heavy atom. The summed E-state index contributed by atoms with van der Waals surface area (Å²) in [6.07, 6.45) is 6.88. The standard InChI is InChI=1S/C37H26NO.C13H24O2.Ir/c1-22-14-15-25-19-28-31(20-26(25)18-22)37(2,3)30-17-16-27(23-10-6-4-7-11-23)35-32(30)33-34(28)38-21-29(36(33)39-35)24-12-8-5-9-13-24;1-5-10(6-2)12(14)9-13(15)11(7-3)8-4;/h4-18,20-21H,1-3H3;9-11,14H,5-8H2,1-4H3;/q-1;;/b;12-9-;. The fourth-order valence-corrected chi connectivity index (χ4v) is 8.20. The molecule has 1 N–H and O–H groups in total. The molecule has 0 atom stereocenters. The van der Waals surface area contributed by atoms with E-state index in [1.54, 1.807) is 0 Å². The molecule has 4 nitrogen and oxygen atoms in total. The summed E-state index contributed by atoms with van der Waals surface area (Å²) >= 11 is 0. The number of benzene rings is 5. The first-order chi connectivity index (χ1) is 26.1. The molecule has 5 aromatic carbocycles. The molecular formula is C50H50IrNO3-. The predicted octanol–water partition coefficient (Wildman–Crippen LogP) is 13.8. The first kappa shape index (κ1) is 39.9. The molecular weight excluding hydrogens is 855 g/mol. The Kier molecular flexibility index (Phi) is 12.0. The Morgan fingerprint density at radius 3 is 1.98 bits per heavy atom. The number of carbonyl (C=O) groups is 1. The Labute approximate surface area is 339 Å². The van der Waals surface area contributed by atoms with E-state index in [4.69, 9.17) is 9.40 Å². The van der Waals surface area contributed by atoms with Gasteiger partial charge in [-0.05, 0) is 54.7 Å². The molecule has 0 saturated heterocycles. The Hall–Kier alpha value is -4.83. The Balaban J connectivity index is 0.000000276. The van der Waals surface area contributed by atoms with E-state index in [1.807, 2.05) is 40.0 Å². The van der Waals surface area contributed by atoms with Crippen molar-refractivity contribution in [3.05, 3.63) is 138 Å². The number of aromatic nitrogens is 1. The molecule has 5 heteroatoms. The molecule has 0 saturated carbocycles. The van der Waals surface area contributed by atoms with Gasteiger partial charge in [0, 0.05) is 71.8 Å². The topological polar surface area (TPSA) is 63.3 Å². The monoisotopic (exact) mass is 905 g/mol. The molecule has 0 fully saturated rings. The number of hydrogen-bond donors (Lipinski definition) is 1. The van der Waals surface area contributed by atoms with Gasteiger partial charge in [-0.15, -0.1) is 23.6 Å². The minimum Gasteiger partial charge on any atom is -0.512 e. The number of hydrogen-bond acceptors (Lipinski definition) is 4. The summed E-state index contributed by atoms with van der Waals surface area (Å²) in [5.41, 5.74) is 11.6. The van der Waals surface area contributed by atoms with Crippen LogP contribution in [0, 0.1) is 24.8 Å². The molecule has 55 heavy (non-hydrogen) atoms. The third-order valence-corrected chi connectivity index (χ3v) is 11.5. The fraction of sp³-hybridized carbons (Fsp3) is 0.280. The van der Waals surface area contributed by atoms with Crippen LogP contribution in [0.1, 0.15) is 83.9 Å². The number of aryl methyl sites for hydroxylation is 1. The summed E-state index contributed by atoms with van der Waals surface area (Å²) in [7, 11) is 0. The van der Waals surface area contributed by atoms with Gasteiger partial charge in [-0.3, -0.25) is 9.78 Å². The van der Waals surface area contributed by atoms with E-state index >= 15 is 0 Å². The van der Waals surface area contributed by atoms with E-state index < -0.39 is 0 Å². The van der Waals surface area contributed by atoms with Gasteiger partial charge in [0.15, 0.2) is 5.78 Å². The van der Waals surface area contributed by atoms with Gasteiger partial charge in [0.25, 0.3) is 0 Å². The first-order valence-corrected chi connectivity index (χ1v) is 19.5. The van der Waals surface area contributed by atoms with Crippen molar-refractivity contribution in [1.29, 1.82) is 0 Å². The van der Waals surface area contributed by atoms with Crippen molar-refractivity contribution in [2.75, 3.05) is 0 Å². The molecule has 0 unspecified atom stereocenters. The van der Waals surface area contributed by atoms with Crippen LogP contribution >= 0.6 is 0 Å². The quantitative estimate of drug-likeness (QED) is 0.0890. The van der Waals surface area contributed by atoms with E-state index in [9.17, 15) is 9.90 Å². The maximum atomic E-state index is 11.7. The maximum Gasteiger partial charge on any atom is 0.162 e. The average molecular weight is 905 g/mol. The Bertz CT molecular complexity index is 2500. The van der Waals surface area contributed by atoms with Crippen LogP contribution in [0.5, 0.6) is 0 Å². The molecule has 1 aliphatic rings. The second-order valence-electron chi connectivity index (χ2n) is 15.2. The molecule has 0 bridgehead atoms. The molecule has 0 spiro atoms. The number of aliphatic hydroxyl groups is 1. The van der Waals surface area contributed by atoms with Crippen LogP contribution in [0.15, 0.2) is 120 Å². The summed E-state index contributed by atoms with van der Waals surface area (Å²) in [6, 6.07) is 38.2. The number of ketones is 1. The van der Waals surface area contributed by atoms with Crippen molar-refractivity contribution in [3.63, 3.8) is 0 Å². The van der Waals surface area contributed by atoms with Crippen LogP contribution in [-0.2, 0) is 30.3 Å². The molecule has 0 amide bonds. The van der Waals surface area contributed by atoms with Gasteiger partial charge in [-0.25, -0.2) is 0 Å². The van der Waals surface area contributed by atoms with Crippen LogP contribution < -0.4 is 0 Å². The van der Waals surface area contributed by atoms with Crippen LogP contribution in [0.25, 0.3) is 66.2 Å². The van der Waals surface area contributed by atoms with Crippen molar-refractivity contribution in [2.45, 2.75) is 79.6 Å². The number of pyridine rings is 1. The largest absolute Gasteiger partial charge is 0.512 e. The molecule has 7 aromatic rings. The number of rotatable bonds is 9. The first-order valence-electron chi connectivity index (χ1n) is 19.5. The molecule has 2 heterocycles. The summed E-state index contributed by atoms with van der Waals surface area (Å²) in [6.45, 7) is 14.9. The van der Waals surface area contributed by atoms with Gasteiger partial charge in [0.1, 0.15) is 11.2 Å². The zero-order valence-corrected chi connectivity index (χ0v) is 35.3. The molecule has 283 valence electrons. The number of aliphatic hydroxyl groups excluding tert-OH is 1. The second-order valence-corrected chi connectivity index (χ2v) is 15.2. The summed E-state index contributed by atoms with van der Waals surface area (Å²) in [4.78, 5) is 16.9. The summed E-state index contributed by atoms with van der Waals surface area (Å²) in [5, 5.41) is 14.3. The third-order valence-electron chi connectivity index (χ3n) is 11.5. The van der Waals surface area contributed by atoms with E-state index in [0.717, 1.165) is 86.5 Å². The molecule has 8 rings (SSSR count). The normalized spacial score (nSPS) is 13.1. The van der Waals surface area contributed by atoms with E-state index in [1.165, 1.54) is 28.2 Å². The summed E-state index contributed by atoms with van der Waals surface area (Å²) < 4.78 is 6.94. The van der Waals surface area contributed by atoms with Crippen LogP contribution in [0.3, 0.4) is 0 Å². The van der Waals surface area contributed by atoms with E-state index in [-0.39, 0.29) is 48.9 Å². The molecule has 1 aliphatic carbocycles. The van der Waals surface area contributed by atoms with Gasteiger partial charge < -0.3 is 9.52 Å². The fourth-order valence-electron chi connectivity index (χ4n) is 8.20. The Morgan fingerprint density at radius 2 is 1.36 bits per heavy atom. The number of fused-ring (bicyclic) bond motifs is 3. The van der Waals surface area contributed by atoms with Crippen molar-refractivity contribution in [2.24, 2.45) is 11.8 Å². The number of nitrogens with zero attached hydrogens (tertiary/aromatic N) is 1. The molecule has 0 aliphatic heterocycles. The van der Waals surface area contributed by atoms with E-state index in [0.29, 0.717) is 0 Å². The van der Waals surface area contributed by atoms with Crippen LogP contribution in [0.2, 0.25) is 0 Å². The number of allylic oxidation sites excluding steroid dienone is 2. The number of carbonyl (C=O) groups excluding carboxylic acids is 1. The van der Waals surface area contributed by atoms with E-state index in [2.05, 4.69) is 118 Å². The van der Waals surface area contributed by atoms with Crippen molar-refractivity contribution < 1.29 is 34.4 Å². The van der Waals surface area contributed by atoms with Gasteiger partial charge >= 0.3 is 0 Å².